The molecule has 2 fully saturated rings. The number of hydrogen-bond acceptors (Lipinski definition) is 6. The number of nitrogens with zero attached hydrogens (tertiary/aromatic N) is 5. The van der Waals surface area contributed by atoms with Crippen LogP contribution in [0.3, 0.4) is 0 Å². The molecule has 1 aliphatic carbocycles. The molecule has 0 radical (unpaired) electrons. The topological polar surface area (TPSA) is 92.9 Å². The number of aromatic nitrogens is 4. The number of amides is 1. The molecule has 4 atom stereocenters. The first kappa shape index (κ1) is 18.9. The minimum Gasteiger partial charge on any atom is -0.488 e. The number of rotatable bonds is 3. The Morgan fingerprint density at radius 3 is 2.63 bits per heavy atom. The minimum absolute atomic E-state index is 0.187. The van der Waals surface area contributed by atoms with Crippen LogP contribution in [0.5, 0.6) is 5.75 Å². The standard InChI is InChI=1S/C21H22FN5O3/c1-12-6-7-27-19(24-25-21(27)23-12)20(29)26-10-13-8-17(28)18(9-14(13)11-26)30-16-4-2-15(22)3-5-16/h2-7,13-14,17-18,28H,8-11H2,1H3/t13-,14+,17+,18+/m0/s1. The van der Waals surface area contributed by atoms with E-state index in [1.54, 1.807) is 27.6 Å². The van der Waals surface area contributed by atoms with E-state index in [-0.39, 0.29) is 35.5 Å². The van der Waals surface area contributed by atoms with Crippen molar-refractivity contribution in [3.63, 3.8) is 0 Å². The molecule has 3 aromatic rings. The van der Waals surface area contributed by atoms with Gasteiger partial charge in [0.1, 0.15) is 17.7 Å². The third-order valence-corrected chi connectivity index (χ3v) is 6.08. The van der Waals surface area contributed by atoms with E-state index in [4.69, 9.17) is 4.74 Å². The summed E-state index contributed by atoms with van der Waals surface area (Å²) in [4.78, 5) is 19.1. The van der Waals surface area contributed by atoms with E-state index >= 15 is 0 Å². The van der Waals surface area contributed by atoms with E-state index in [9.17, 15) is 14.3 Å². The molecule has 2 aromatic heterocycles. The molecule has 3 heterocycles. The predicted molar refractivity (Wildman–Crippen MR) is 104 cm³/mol. The van der Waals surface area contributed by atoms with Crippen LogP contribution < -0.4 is 4.74 Å². The number of likely N-dealkylation sites (tertiary alicyclic amines) is 1. The number of fused-ring (bicyclic) bond motifs is 2. The lowest BCUT2D eigenvalue weighted by Gasteiger charge is -2.35. The van der Waals surface area contributed by atoms with Gasteiger partial charge in [0.25, 0.3) is 11.7 Å². The fraction of sp³-hybridized carbons (Fsp3) is 0.429. The molecule has 1 aliphatic heterocycles. The molecule has 1 saturated carbocycles. The molecule has 0 spiro atoms. The number of aliphatic hydroxyl groups excluding tert-OH is 1. The van der Waals surface area contributed by atoms with Crippen LogP contribution in [0.25, 0.3) is 5.78 Å². The van der Waals surface area contributed by atoms with Gasteiger partial charge in [0.2, 0.25) is 5.82 Å². The van der Waals surface area contributed by atoms with Crippen molar-refractivity contribution in [1.82, 2.24) is 24.5 Å². The number of ether oxygens (including phenoxy) is 1. The first-order valence-corrected chi connectivity index (χ1v) is 10.1. The molecule has 0 unspecified atom stereocenters. The average Bonchev–Trinajstić information content (AvgIpc) is 3.33. The molecule has 1 aromatic carbocycles. The highest BCUT2D eigenvalue weighted by Crippen LogP contribution is 2.38. The number of carbonyl (C=O) groups excluding carboxylic acids is 1. The molecule has 5 rings (SSSR count). The summed E-state index contributed by atoms with van der Waals surface area (Å²) in [7, 11) is 0. The third kappa shape index (κ3) is 3.39. The van der Waals surface area contributed by atoms with Crippen LogP contribution in [0.2, 0.25) is 0 Å². The Kier molecular flexibility index (Phi) is 4.62. The van der Waals surface area contributed by atoms with Gasteiger partial charge in [-0.05, 0) is 61.9 Å². The van der Waals surface area contributed by atoms with E-state index in [2.05, 4.69) is 15.2 Å². The van der Waals surface area contributed by atoms with Gasteiger partial charge in [-0.2, -0.15) is 0 Å². The van der Waals surface area contributed by atoms with E-state index in [1.165, 1.54) is 12.1 Å². The summed E-state index contributed by atoms with van der Waals surface area (Å²) in [5, 5.41) is 18.6. The Labute approximate surface area is 172 Å². The monoisotopic (exact) mass is 411 g/mol. The summed E-state index contributed by atoms with van der Waals surface area (Å²) in [5.74, 6) is 1.09. The highest BCUT2D eigenvalue weighted by molar-refractivity contribution is 5.91. The average molecular weight is 411 g/mol. The van der Waals surface area contributed by atoms with Crippen LogP contribution in [-0.4, -0.2) is 60.8 Å². The number of aryl methyl sites for hydroxylation is 1. The molecular formula is C21H22FN5O3. The fourth-order valence-electron chi connectivity index (χ4n) is 4.53. The van der Waals surface area contributed by atoms with Crippen LogP contribution in [0.4, 0.5) is 4.39 Å². The minimum atomic E-state index is -0.632. The quantitative estimate of drug-likeness (QED) is 0.707. The van der Waals surface area contributed by atoms with Crippen molar-refractivity contribution < 1.29 is 19.0 Å². The van der Waals surface area contributed by atoms with Gasteiger partial charge in [0.05, 0.1) is 6.10 Å². The van der Waals surface area contributed by atoms with Gasteiger partial charge in [-0.15, -0.1) is 10.2 Å². The predicted octanol–water partition coefficient (Wildman–Crippen LogP) is 1.86. The second-order valence-electron chi connectivity index (χ2n) is 8.14. The Morgan fingerprint density at radius 2 is 1.87 bits per heavy atom. The summed E-state index contributed by atoms with van der Waals surface area (Å²) in [6, 6.07) is 7.60. The molecular weight excluding hydrogens is 389 g/mol. The van der Waals surface area contributed by atoms with Crippen LogP contribution in [-0.2, 0) is 0 Å². The molecule has 156 valence electrons. The van der Waals surface area contributed by atoms with E-state index in [0.717, 1.165) is 5.69 Å². The lowest BCUT2D eigenvalue weighted by Crippen LogP contribution is -2.42. The second kappa shape index (κ2) is 7.32. The first-order valence-electron chi connectivity index (χ1n) is 10.1. The van der Waals surface area contributed by atoms with Gasteiger partial charge in [-0.1, -0.05) is 0 Å². The highest BCUT2D eigenvalue weighted by atomic mass is 19.1. The molecule has 0 bridgehead atoms. The van der Waals surface area contributed by atoms with Crippen molar-refractivity contribution in [2.45, 2.75) is 32.0 Å². The number of hydrogen-bond donors (Lipinski definition) is 1. The van der Waals surface area contributed by atoms with Crippen molar-refractivity contribution in [2.24, 2.45) is 11.8 Å². The Hall–Kier alpha value is -3.07. The maximum atomic E-state index is 13.1. The number of halogens is 1. The Balaban J connectivity index is 1.29. The fourth-order valence-corrected chi connectivity index (χ4v) is 4.53. The van der Waals surface area contributed by atoms with Crippen LogP contribution in [0.1, 0.15) is 29.2 Å². The van der Waals surface area contributed by atoms with Gasteiger partial charge in [0, 0.05) is 25.0 Å². The normalized spacial score (nSPS) is 26.0. The van der Waals surface area contributed by atoms with Gasteiger partial charge in [0.15, 0.2) is 0 Å². The van der Waals surface area contributed by atoms with Crippen molar-refractivity contribution in [3.8, 4) is 5.75 Å². The lowest BCUT2D eigenvalue weighted by atomic mass is 9.78. The summed E-state index contributed by atoms with van der Waals surface area (Å²) in [6.45, 7) is 3.00. The smallest absolute Gasteiger partial charge is 0.292 e. The largest absolute Gasteiger partial charge is 0.488 e. The molecule has 2 aliphatic rings. The van der Waals surface area contributed by atoms with Crippen LogP contribution in [0.15, 0.2) is 36.5 Å². The van der Waals surface area contributed by atoms with E-state index in [1.807, 2.05) is 13.0 Å². The molecule has 1 N–H and O–H groups in total. The lowest BCUT2D eigenvalue weighted by molar-refractivity contribution is -0.0231. The van der Waals surface area contributed by atoms with Crippen molar-refractivity contribution in [1.29, 1.82) is 0 Å². The molecule has 1 saturated heterocycles. The summed E-state index contributed by atoms with van der Waals surface area (Å²) in [5.41, 5.74) is 0.808. The SMILES string of the molecule is Cc1ccn2c(C(=O)N3C[C@H]4C[C@@H](Oc5ccc(F)cc5)[C@H](O)C[C@H]4C3)nnc2n1. The first-order chi connectivity index (χ1) is 14.5. The number of carbonyl (C=O) groups is 1. The molecule has 9 heteroatoms. The van der Waals surface area contributed by atoms with Gasteiger partial charge in [-0.3, -0.25) is 9.20 Å². The Bertz CT molecular complexity index is 1090. The van der Waals surface area contributed by atoms with Crippen molar-refractivity contribution in [2.75, 3.05) is 13.1 Å². The zero-order valence-electron chi connectivity index (χ0n) is 16.5. The molecule has 30 heavy (non-hydrogen) atoms. The number of benzene rings is 1. The molecule has 1 amide bonds. The summed E-state index contributed by atoms with van der Waals surface area (Å²) < 4.78 is 20.6. The summed E-state index contributed by atoms with van der Waals surface area (Å²) >= 11 is 0. The maximum absolute atomic E-state index is 13.1. The maximum Gasteiger partial charge on any atom is 0.292 e. The zero-order valence-corrected chi connectivity index (χ0v) is 16.5. The van der Waals surface area contributed by atoms with Gasteiger partial charge < -0.3 is 14.7 Å². The Morgan fingerprint density at radius 1 is 1.13 bits per heavy atom. The van der Waals surface area contributed by atoms with E-state index in [0.29, 0.717) is 37.5 Å². The van der Waals surface area contributed by atoms with Crippen LogP contribution in [0, 0.1) is 24.6 Å². The third-order valence-electron chi connectivity index (χ3n) is 6.08. The van der Waals surface area contributed by atoms with Crippen molar-refractivity contribution in [3.05, 3.63) is 53.9 Å². The van der Waals surface area contributed by atoms with Gasteiger partial charge in [-0.25, -0.2) is 9.37 Å². The summed E-state index contributed by atoms with van der Waals surface area (Å²) in [6.07, 6.45) is 1.93. The molecule has 8 nitrogen and oxygen atoms in total. The van der Waals surface area contributed by atoms with Crippen LogP contribution >= 0.6 is 0 Å². The van der Waals surface area contributed by atoms with Crippen molar-refractivity contribution >= 4 is 11.7 Å². The van der Waals surface area contributed by atoms with E-state index < -0.39 is 6.10 Å². The zero-order chi connectivity index (χ0) is 20.8. The second-order valence-corrected chi connectivity index (χ2v) is 8.14. The highest BCUT2D eigenvalue weighted by Gasteiger charge is 2.44. The number of aliphatic hydroxyl groups is 1. The van der Waals surface area contributed by atoms with Gasteiger partial charge >= 0.3 is 0 Å².